The van der Waals surface area contributed by atoms with Crippen LogP contribution in [0.1, 0.15) is 44.3 Å². The summed E-state index contributed by atoms with van der Waals surface area (Å²) < 4.78 is 7.71. The lowest BCUT2D eigenvalue weighted by Gasteiger charge is -2.23. The van der Waals surface area contributed by atoms with Crippen molar-refractivity contribution in [1.82, 2.24) is 14.8 Å². The van der Waals surface area contributed by atoms with Gasteiger partial charge in [-0.25, -0.2) is 0 Å². The lowest BCUT2D eigenvalue weighted by Crippen LogP contribution is -2.22. The Morgan fingerprint density at radius 1 is 1.47 bits per heavy atom. The molecule has 0 radical (unpaired) electrons. The SMILES string of the molecule is CC(C)Cn1c(CN)nnc1C1CCCOC1. The maximum absolute atomic E-state index is 5.71. The van der Waals surface area contributed by atoms with Gasteiger partial charge in [-0.3, -0.25) is 0 Å². The summed E-state index contributed by atoms with van der Waals surface area (Å²) in [5, 5.41) is 8.51. The van der Waals surface area contributed by atoms with Crippen molar-refractivity contribution in [2.75, 3.05) is 13.2 Å². The Hall–Kier alpha value is -0.940. The van der Waals surface area contributed by atoms with Gasteiger partial charge in [0, 0.05) is 19.1 Å². The van der Waals surface area contributed by atoms with Crippen molar-refractivity contribution in [3.8, 4) is 0 Å². The maximum atomic E-state index is 5.71. The first-order valence-electron chi connectivity index (χ1n) is 6.42. The zero-order valence-electron chi connectivity index (χ0n) is 10.7. The molecule has 1 saturated heterocycles. The summed E-state index contributed by atoms with van der Waals surface area (Å²) in [5.41, 5.74) is 5.71. The van der Waals surface area contributed by atoms with E-state index in [2.05, 4.69) is 28.6 Å². The van der Waals surface area contributed by atoms with Crippen LogP contribution in [0.5, 0.6) is 0 Å². The summed E-state index contributed by atoms with van der Waals surface area (Å²) in [6, 6.07) is 0. The molecule has 1 aliphatic rings. The second-order valence-corrected chi connectivity index (χ2v) is 5.10. The van der Waals surface area contributed by atoms with Gasteiger partial charge in [0.25, 0.3) is 0 Å². The molecule has 1 atom stereocenters. The first-order chi connectivity index (χ1) is 8.22. The van der Waals surface area contributed by atoms with Crippen LogP contribution in [0, 0.1) is 5.92 Å². The van der Waals surface area contributed by atoms with Gasteiger partial charge in [-0.15, -0.1) is 10.2 Å². The molecule has 1 unspecified atom stereocenters. The average molecular weight is 238 g/mol. The van der Waals surface area contributed by atoms with Crippen LogP contribution in [0.2, 0.25) is 0 Å². The summed E-state index contributed by atoms with van der Waals surface area (Å²) in [5.74, 6) is 2.90. The Balaban J connectivity index is 2.22. The zero-order valence-corrected chi connectivity index (χ0v) is 10.7. The second-order valence-electron chi connectivity index (χ2n) is 5.10. The number of nitrogens with zero attached hydrogens (tertiary/aromatic N) is 3. The van der Waals surface area contributed by atoms with Crippen LogP contribution in [0.4, 0.5) is 0 Å². The Morgan fingerprint density at radius 2 is 2.29 bits per heavy atom. The van der Waals surface area contributed by atoms with E-state index in [0.29, 0.717) is 18.4 Å². The standard InChI is InChI=1S/C12H22N4O/c1-9(2)7-16-11(6-13)14-15-12(16)10-4-3-5-17-8-10/h9-10H,3-8,13H2,1-2H3. The van der Waals surface area contributed by atoms with Crippen molar-refractivity contribution in [3.05, 3.63) is 11.6 Å². The van der Waals surface area contributed by atoms with Gasteiger partial charge >= 0.3 is 0 Å². The quantitative estimate of drug-likeness (QED) is 0.858. The lowest BCUT2D eigenvalue weighted by molar-refractivity contribution is 0.0766. The summed E-state index contributed by atoms with van der Waals surface area (Å²) in [4.78, 5) is 0. The van der Waals surface area contributed by atoms with Crippen molar-refractivity contribution < 1.29 is 4.74 Å². The topological polar surface area (TPSA) is 66.0 Å². The Morgan fingerprint density at radius 3 is 2.88 bits per heavy atom. The molecular weight excluding hydrogens is 216 g/mol. The molecule has 1 aromatic rings. The van der Waals surface area contributed by atoms with E-state index in [0.717, 1.165) is 44.2 Å². The van der Waals surface area contributed by atoms with E-state index >= 15 is 0 Å². The lowest BCUT2D eigenvalue weighted by atomic mass is 10.0. The molecule has 1 fully saturated rings. The fourth-order valence-corrected chi connectivity index (χ4v) is 2.31. The van der Waals surface area contributed by atoms with Crippen molar-refractivity contribution >= 4 is 0 Å². The first kappa shape index (κ1) is 12.5. The Bertz CT molecular complexity index is 355. The molecule has 96 valence electrons. The summed E-state index contributed by atoms with van der Waals surface area (Å²) >= 11 is 0. The number of nitrogens with two attached hydrogens (primary N) is 1. The van der Waals surface area contributed by atoms with E-state index in [9.17, 15) is 0 Å². The molecule has 0 bridgehead atoms. The van der Waals surface area contributed by atoms with E-state index in [4.69, 9.17) is 10.5 Å². The highest BCUT2D eigenvalue weighted by Gasteiger charge is 2.23. The minimum Gasteiger partial charge on any atom is -0.381 e. The van der Waals surface area contributed by atoms with Crippen molar-refractivity contribution in [3.63, 3.8) is 0 Å². The van der Waals surface area contributed by atoms with Gasteiger partial charge in [0.2, 0.25) is 0 Å². The van der Waals surface area contributed by atoms with E-state index in [1.54, 1.807) is 0 Å². The van der Waals surface area contributed by atoms with Gasteiger partial charge in [0.05, 0.1) is 13.2 Å². The number of hydrogen-bond acceptors (Lipinski definition) is 4. The third-order valence-corrected chi connectivity index (χ3v) is 3.11. The molecule has 0 aromatic carbocycles. The molecule has 1 aliphatic heterocycles. The van der Waals surface area contributed by atoms with Crippen LogP contribution in [-0.4, -0.2) is 28.0 Å². The molecule has 0 amide bonds. The molecule has 2 N–H and O–H groups in total. The third-order valence-electron chi connectivity index (χ3n) is 3.11. The third kappa shape index (κ3) is 2.84. The van der Waals surface area contributed by atoms with Crippen LogP contribution < -0.4 is 5.73 Å². The van der Waals surface area contributed by atoms with E-state index in [1.807, 2.05) is 0 Å². The highest BCUT2D eigenvalue weighted by atomic mass is 16.5. The minimum atomic E-state index is 0.385. The highest BCUT2D eigenvalue weighted by Crippen LogP contribution is 2.25. The number of aromatic nitrogens is 3. The average Bonchev–Trinajstić information content (AvgIpc) is 2.72. The van der Waals surface area contributed by atoms with E-state index in [1.165, 1.54) is 0 Å². The molecular formula is C12H22N4O. The molecule has 0 aliphatic carbocycles. The number of hydrogen-bond donors (Lipinski definition) is 1. The van der Waals surface area contributed by atoms with Crippen LogP contribution in [0.25, 0.3) is 0 Å². The molecule has 1 aromatic heterocycles. The smallest absolute Gasteiger partial charge is 0.146 e. The van der Waals surface area contributed by atoms with Gasteiger partial charge in [0.15, 0.2) is 0 Å². The number of rotatable bonds is 4. The van der Waals surface area contributed by atoms with Crippen LogP contribution in [-0.2, 0) is 17.8 Å². The van der Waals surface area contributed by atoms with Gasteiger partial charge in [-0.2, -0.15) is 0 Å². The summed E-state index contributed by atoms with van der Waals surface area (Å²) in [6.45, 7) is 7.42. The molecule has 5 heteroatoms. The predicted octanol–water partition coefficient (Wildman–Crippen LogP) is 1.29. The Kier molecular flexibility index (Phi) is 4.12. The summed E-state index contributed by atoms with van der Waals surface area (Å²) in [7, 11) is 0. The van der Waals surface area contributed by atoms with Crippen molar-refractivity contribution in [2.45, 2.75) is 45.7 Å². The second kappa shape index (κ2) is 5.60. The van der Waals surface area contributed by atoms with Crippen LogP contribution >= 0.6 is 0 Å². The fraction of sp³-hybridized carbons (Fsp3) is 0.833. The van der Waals surface area contributed by atoms with Crippen molar-refractivity contribution in [1.29, 1.82) is 0 Å². The molecule has 5 nitrogen and oxygen atoms in total. The van der Waals surface area contributed by atoms with Gasteiger partial charge < -0.3 is 15.0 Å². The van der Waals surface area contributed by atoms with E-state index < -0.39 is 0 Å². The Labute approximate surface area is 102 Å². The molecule has 2 heterocycles. The predicted molar refractivity (Wildman–Crippen MR) is 65.5 cm³/mol. The maximum Gasteiger partial charge on any atom is 0.146 e. The van der Waals surface area contributed by atoms with Crippen LogP contribution in [0.3, 0.4) is 0 Å². The zero-order chi connectivity index (χ0) is 12.3. The monoisotopic (exact) mass is 238 g/mol. The highest BCUT2D eigenvalue weighted by molar-refractivity contribution is 5.03. The van der Waals surface area contributed by atoms with Crippen LogP contribution in [0.15, 0.2) is 0 Å². The molecule has 0 spiro atoms. The first-order valence-corrected chi connectivity index (χ1v) is 6.42. The molecule has 17 heavy (non-hydrogen) atoms. The summed E-state index contributed by atoms with van der Waals surface area (Å²) in [6.07, 6.45) is 2.25. The van der Waals surface area contributed by atoms with Gasteiger partial charge in [0.1, 0.15) is 11.6 Å². The molecule has 2 rings (SSSR count). The van der Waals surface area contributed by atoms with Gasteiger partial charge in [-0.1, -0.05) is 13.8 Å². The van der Waals surface area contributed by atoms with Gasteiger partial charge in [-0.05, 0) is 18.8 Å². The largest absolute Gasteiger partial charge is 0.381 e. The normalized spacial score (nSPS) is 21.1. The number of ether oxygens (including phenoxy) is 1. The van der Waals surface area contributed by atoms with E-state index in [-0.39, 0.29) is 0 Å². The fourth-order valence-electron chi connectivity index (χ4n) is 2.31. The molecule has 0 saturated carbocycles. The minimum absolute atomic E-state index is 0.385. The van der Waals surface area contributed by atoms with Crippen molar-refractivity contribution in [2.24, 2.45) is 11.7 Å².